The van der Waals surface area contributed by atoms with Crippen LogP contribution in [0.2, 0.25) is 0 Å². The molecule has 1 atom stereocenters. The minimum absolute atomic E-state index is 0. The molecule has 0 heterocycles. The van der Waals surface area contributed by atoms with Gasteiger partial charge in [0.15, 0.2) is 0 Å². The molecule has 0 amide bonds. The molecule has 0 aromatic rings. The zero-order valence-electron chi connectivity index (χ0n) is 17.3. The Balaban J connectivity index is -0.00000104. The fourth-order valence-electron chi connectivity index (χ4n) is 1.97. The molecule has 0 saturated heterocycles. The van der Waals surface area contributed by atoms with Gasteiger partial charge in [0.1, 0.15) is 6.61 Å². The van der Waals surface area contributed by atoms with E-state index in [4.69, 9.17) is 4.74 Å². The van der Waals surface area contributed by atoms with E-state index < -0.39 is 56.2 Å². The second-order valence-corrected chi connectivity index (χ2v) is 5.51. The van der Waals surface area contributed by atoms with Crippen molar-refractivity contribution in [1.29, 1.82) is 0 Å². The third-order valence-electron chi connectivity index (χ3n) is 3.22. The molecule has 29 heavy (non-hydrogen) atoms. The van der Waals surface area contributed by atoms with Gasteiger partial charge in [0, 0.05) is 38.3 Å². The Kier molecular flexibility index (Phi) is 25.9. The van der Waals surface area contributed by atoms with E-state index in [1.165, 1.54) is 11.8 Å². The van der Waals surface area contributed by atoms with E-state index in [0.717, 1.165) is 4.90 Å². The number of carbonyl (C=O) groups is 4. The fraction of sp³-hybridized carbons (Fsp3) is 0.600. The van der Waals surface area contributed by atoms with Crippen LogP contribution in [0.25, 0.3) is 0 Å². The summed E-state index contributed by atoms with van der Waals surface area (Å²) in [5.74, 6) is -5.26. The molecule has 0 saturated carbocycles. The summed E-state index contributed by atoms with van der Waals surface area (Å²) in [6.07, 6.45) is 0. The first-order valence-electron chi connectivity index (χ1n) is 7.56. The SMILES string of the molecule is C=C(C)C(=O)OCC(CO)N(CCN(CC(=O)[O-])CC(=O)[O-])CC(=O)[O-].[Na+].[Na+].[Na+]. The average Bonchev–Trinajstić information content (AvgIpc) is 2.50. The van der Waals surface area contributed by atoms with E-state index >= 15 is 0 Å². The van der Waals surface area contributed by atoms with Crippen LogP contribution in [0.5, 0.6) is 0 Å². The molecule has 0 rings (SSSR count). The molecule has 1 N–H and O–H groups in total. The number of carboxylic acid groups (broad SMARTS) is 3. The third kappa shape index (κ3) is 18.9. The maximum absolute atomic E-state index is 11.4. The van der Waals surface area contributed by atoms with Crippen LogP contribution in [0.3, 0.4) is 0 Å². The van der Waals surface area contributed by atoms with Gasteiger partial charge < -0.3 is 39.5 Å². The summed E-state index contributed by atoms with van der Waals surface area (Å²) < 4.78 is 4.88. The molecular formula is C15H21N2Na3O9. The van der Waals surface area contributed by atoms with Crippen molar-refractivity contribution in [2.75, 3.05) is 45.9 Å². The van der Waals surface area contributed by atoms with Crippen molar-refractivity contribution in [2.45, 2.75) is 13.0 Å². The van der Waals surface area contributed by atoms with Crippen molar-refractivity contribution in [1.82, 2.24) is 9.80 Å². The maximum atomic E-state index is 11.4. The van der Waals surface area contributed by atoms with Gasteiger partial charge in [-0.05, 0) is 6.92 Å². The van der Waals surface area contributed by atoms with Crippen LogP contribution in [0, 0.1) is 0 Å². The number of hydrogen-bond donors (Lipinski definition) is 1. The van der Waals surface area contributed by atoms with Gasteiger partial charge in [0.2, 0.25) is 0 Å². The monoisotopic (exact) mass is 442 g/mol. The number of carboxylic acids is 3. The molecule has 14 heteroatoms. The summed E-state index contributed by atoms with van der Waals surface area (Å²) in [4.78, 5) is 45.7. The quantitative estimate of drug-likeness (QED) is 0.154. The summed E-state index contributed by atoms with van der Waals surface area (Å²) in [6, 6.07) is -0.927. The van der Waals surface area contributed by atoms with Crippen LogP contribution in [-0.4, -0.2) is 90.8 Å². The second kappa shape index (κ2) is 20.4. The van der Waals surface area contributed by atoms with Crippen molar-refractivity contribution in [3.63, 3.8) is 0 Å². The summed E-state index contributed by atoms with van der Waals surface area (Å²) in [6.45, 7) is 1.47. The van der Waals surface area contributed by atoms with E-state index in [1.807, 2.05) is 0 Å². The van der Waals surface area contributed by atoms with E-state index in [9.17, 15) is 39.6 Å². The molecular weight excluding hydrogens is 421 g/mol. The molecule has 0 spiro atoms. The number of aliphatic hydroxyl groups is 1. The van der Waals surface area contributed by atoms with E-state index in [0.29, 0.717) is 0 Å². The minimum atomic E-state index is -1.52. The van der Waals surface area contributed by atoms with Crippen LogP contribution in [0.1, 0.15) is 6.92 Å². The van der Waals surface area contributed by atoms with Crippen molar-refractivity contribution < 1.29 is 133 Å². The predicted octanol–water partition coefficient (Wildman–Crippen LogP) is -14.7. The largest absolute Gasteiger partial charge is 1.00 e. The van der Waals surface area contributed by atoms with E-state index in [2.05, 4.69) is 6.58 Å². The van der Waals surface area contributed by atoms with Crippen LogP contribution in [0.4, 0.5) is 0 Å². The Morgan fingerprint density at radius 2 is 1.38 bits per heavy atom. The second-order valence-electron chi connectivity index (χ2n) is 5.51. The van der Waals surface area contributed by atoms with Crippen molar-refractivity contribution in [3.8, 4) is 0 Å². The van der Waals surface area contributed by atoms with Crippen LogP contribution in [-0.2, 0) is 23.9 Å². The normalized spacial score (nSPS) is 10.8. The molecule has 0 aliphatic carbocycles. The zero-order valence-corrected chi connectivity index (χ0v) is 23.3. The molecule has 0 fully saturated rings. The number of esters is 1. The summed E-state index contributed by atoms with van der Waals surface area (Å²) in [5.41, 5.74) is 0.113. The van der Waals surface area contributed by atoms with Crippen LogP contribution in [0.15, 0.2) is 12.2 Å². The Labute approximate surface area is 235 Å². The van der Waals surface area contributed by atoms with Crippen LogP contribution >= 0.6 is 0 Å². The molecule has 0 bridgehead atoms. The Bertz CT molecular complexity index is 533. The van der Waals surface area contributed by atoms with Gasteiger partial charge in [-0.1, -0.05) is 6.58 Å². The van der Waals surface area contributed by atoms with Gasteiger partial charge >= 0.3 is 94.6 Å². The Morgan fingerprint density at radius 3 is 1.72 bits per heavy atom. The van der Waals surface area contributed by atoms with Gasteiger partial charge in [0.25, 0.3) is 0 Å². The smallest absolute Gasteiger partial charge is 0.549 e. The molecule has 148 valence electrons. The van der Waals surface area contributed by atoms with Gasteiger partial charge in [-0.25, -0.2) is 4.79 Å². The maximum Gasteiger partial charge on any atom is 1.00 e. The van der Waals surface area contributed by atoms with Gasteiger partial charge in [0.05, 0.1) is 30.6 Å². The number of ether oxygens (including phenoxy) is 1. The molecule has 0 aromatic heterocycles. The zero-order chi connectivity index (χ0) is 20.3. The first-order valence-corrected chi connectivity index (χ1v) is 7.56. The van der Waals surface area contributed by atoms with E-state index in [-0.39, 0.29) is 114 Å². The average molecular weight is 442 g/mol. The predicted molar refractivity (Wildman–Crippen MR) is 79.7 cm³/mol. The van der Waals surface area contributed by atoms with E-state index in [1.54, 1.807) is 0 Å². The number of rotatable bonds is 14. The number of carbonyl (C=O) groups excluding carboxylic acids is 4. The van der Waals surface area contributed by atoms with Crippen molar-refractivity contribution >= 4 is 23.9 Å². The molecule has 0 aromatic carbocycles. The Morgan fingerprint density at radius 1 is 0.931 bits per heavy atom. The minimum Gasteiger partial charge on any atom is -0.549 e. The van der Waals surface area contributed by atoms with Crippen molar-refractivity contribution in [2.24, 2.45) is 0 Å². The molecule has 0 aliphatic heterocycles. The molecule has 1 unspecified atom stereocenters. The summed E-state index contributed by atoms with van der Waals surface area (Å²) in [5, 5.41) is 41.6. The molecule has 0 aliphatic rings. The van der Waals surface area contributed by atoms with Gasteiger partial charge in [-0.2, -0.15) is 0 Å². The summed E-state index contributed by atoms with van der Waals surface area (Å²) in [7, 11) is 0. The fourth-order valence-corrected chi connectivity index (χ4v) is 1.97. The first kappa shape index (κ1) is 36.8. The third-order valence-corrected chi connectivity index (χ3v) is 3.22. The number of nitrogens with zero attached hydrogens (tertiary/aromatic N) is 2. The van der Waals surface area contributed by atoms with Gasteiger partial charge in [-0.15, -0.1) is 0 Å². The van der Waals surface area contributed by atoms with Crippen molar-refractivity contribution in [3.05, 3.63) is 12.2 Å². The number of aliphatic carboxylic acids is 3. The molecule has 11 nitrogen and oxygen atoms in total. The Hall–Kier alpha value is 0.500. The first-order chi connectivity index (χ1) is 12.1. The summed E-state index contributed by atoms with van der Waals surface area (Å²) >= 11 is 0. The van der Waals surface area contributed by atoms with Crippen LogP contribution < -0.4 is 104 Å². The number of aliphatic hydroxyl groups excluding tert-OH is 1. The topological polar surface area (TPSA) is 173 Å². The molecule has 0 radical (unpaired) electrons. The standard InChI is InChI=1S/C15H24N2O9.3Na/c1-10(2)15(25)26-9-11(8-18)17(7-14(23)24)4-3-16(5-12(19)20)6-13(21)22;;;/h11,18H,1,3-9H2,2H3,(H,19,20)(H,21,22)(H,23,24);;;/q;3*+1/p-3. The number of hydrogen-bond acceptors (Lipinski definition) is 11. The van der Waals surface area contributed by atoms with Gasteiger partial charge in [-0.3, -0.25) is 9.80 Å².